The van der Waals surface area contributed by atoms with Gasteiger partial charge in [0.15, 0.2) is 5.82 Å². The van der Waals surface area contributed by atoms with Crippen LogP contribution in [0.2, 0.25) is 0 Å². The molecule has 2 unspecified atom stereocenters. The summed E-state index contributed by atoms with van der Waals surface area (Å²) in [5, 5.41) is 10.6. The molecule has 4 aliphatic rings. The zero-order valence-corrected chi connectivity index (χ0v) is 29.1. The Morgan fingerprint density at radius 2 is 1.83 bits per heavy atom. The molecule has 52 heavy (non-hydrogen) atoms. The zero-order valence-electron chi connectivity index (χ0n) is 29.1. The maximum atomic E-state index is 17.0. The molecule has 1 N–H and O–H groups in total. The van der Waals surface area contributed by atoms with E-state index in [1.165, 1.54) is 12.1 Å². The van der Waals surface area contributed by atoms with Crippen molar-refractivity contribution in [1.29, 1.82) is 0 Å². The van der Waals surface area contributed by atoms with E-state index in [4.69, 9.17) is 15.9 Å². The summed E-state index contributed by atoms with van der Waals surface area (Å²) in [6.45, 7) is 6.94. The molecule has 8 rings (SSSR count). The molecule has 6 heterocycles. The summed E-state index contributed by atoms with van der Waals surface area (Å²) in [7, 11) is 0. The first kappa shape index (κ1) is 34.2. The van der Waals surface area contributed by atoms with E-state index in [0.717, 1.165) is 25.1 Å². The monoisotopic (exact) mass is 718 g/mol. The van der Waals surface area contributed by atoms with Gasteiger partial charge < -0.3 is 19.5 Å². The lowest BCUT2D eigenvalue weighted by Gasteiger charge is -2.42. The number of fused-ring (bicyclic) bond motifs is 5. The molecular weight excluding hydrogens is 680 g/mol. The molecule has 4 fully saturated rings. The molecule has 0 spiro atoms. The molecule has 272 valence electrons. The largest absolute Gasteiger partial charge is 0.508 e. The van der Waals surface area contributed by atoms with Gasteiger partial charge in [0, 0.05) is 37.0 Å². The molecule has 14 heteroatoms. The van der Waals surface area contributed by atoms with Crippen molar-refractivity contribution >= 4 is 33.6 Å². The number of amides is 1. The maximum Gasteiger partial charge on any atom is 0.410 e. The van der Waals surface area contributed by atoms with E-state index in [1.807, 2.05) is 0 Å². The predicted molar refractivity (Wildman–Crippen MR) is 185 cm³/mol. The lowest BCUT2D eigenvalue weighted by atomic mass is 9.95. The number of ether oxygens (including phenoxy) is 2. The minimum absolute atomic E-state index is 0.0304. The van der Waals surface area contributed by atoms with Crippen molar-refractivity contribution in [2.75, 3.05) is 37.7 Å². The Bertz CT molecular complexity index is 2160. The van der Waals surface area contributed by atoms with Crippen molar-refractivity contribution in [2.24, 2.45) is 0 Å². The van der Waals surface area contributed by atoms with Crippen LogP contribution < -0.4 is 9.64 Å². The number of alkyl halides is 1. The average molecular weight is 719 g/mol. The normalized spacial score (nSPS) is 24.5. The highest BCUT2D eigenvalue weighted by atomic mass is 19.1. The Balaban J connectivity index is 1.26. The third-order valence-electron chi connectivity index (χ3n) is 10.8. The topological polar surface area (TPSA) is 104 Å². The van der Waals surface area contributed by atoms with Crippen LogP contribution in [-0.4, -0.2) is 98.1 Å². The summed E-state index contributed by atoms with van der Waals surface area (Å²) in [5.74, 6) is -0.918. The van der Waals surface area contributed by atoms with E-state index in [1.54, 1.807) is 30.6 Å². The summed E-state index contributed by atoms with van der Waals surface area (Å²) >= 11 is 0. The lowest BCUT2D eigenvalue weighted by Crippen LogP contribution is -2.57. The Hall–Kier alpha value is -4.90. The molecule has 4 atom stereocenters. The quantitative estimate of drug-likeness (QED) is 0.141. The number of aromatic nitrogens is 3. The number of piperazine rings is 1. The second kappa shape index (κ2) is 12.4. The minimum Gasteiger partial charge on any atom is -0.508 e. The van der Waals surface area contributed by atoms with E-state index in [2.05, 4.69) is 25.8 Å². The number of hydrogen-bond donors (Lipinski definition) is 1. The van der Waals surface area contributed by atoms with Gasteiger partial charge in [-0.1, -0.05) is 12.0 Å². The first-order valence-corrected chi connectivity index (χ1v) is 17.5. The third kappa shape index (κ3) is 5.70. The van der Waals surface area contributed by atoms with E-state index >= 15 is 8.78 Å². The minimum atomic E-state index is -1.11. The van der Waals surface area contributed by atoms with Crippen LogP contribution in [0.5, 0.6) is 11.8 Å². The first-order valence-electron chi connectivity index (χ1n) is 17.5. The Morgan fingerprint density at radius 3 is 2.54 bits per heavy atom. The number of hydrogen-bond acceptors (Lipinski definition) is 9. The number of aromatic hydroxyl groups is 1. The van der Waals surface area contributed by atoms with E-state index < -0.39 is 52.2 Å². The van der Waals surface area contributed by atoms with Crippen LogP contribution in [-0.2, 0) is 4.74 Å². The van der Waals surface area contributed by atoms with Crippen molar-refractivity contribution in [3.8, 4) is 35.4 Å². The van der Waals surface area contributed by atoms with Crippen molar-refractivity contribution in [2.45, 2.75) is 82.3 Å². The van der Waals surface area contributed by atoms with Crippen molar-refractivity contribution in [1.82, 2.24) is 24.8 Å². The molecule has 2 aromatic carbocycles. The highest BCUT2D eigenvalue weighted by Crippen LogP contribution is 2.43. The van der Waals surface area contributed by atoms with Gasteiger partial charge in [0.2, 0.25) is 5.95 Å². The number of carbonyl (C=O) groups excluding carboxylic acids is 1. The van der Waals surface area contributed by atoms with Crippen molar-refractivity contribution in [3.63, 3.8) is 0 Å². The van der Waals surface area contributed by atoms with Gasteiger partial charge in [-0.2, -0.15) is 14.4 Å². The van der Waals surface area contributed by atoms with Crippen LogP contribution in [0.3, 0.4) is 0 Å². The van der Waals surface area contributed by atoms with Crippen LogP contribution >= 0.6 is 0 Å². The van der Waals surface area contributed by atoms with Crippen LogP contribution in [0.25, 0.3) is 32.9 Å². The van der Waals surface area contributed by atoms with Gasteiger partial charge in [0.1, 0.15) is 52.4 Å². The fraction of sp³-hybridized carbons (Fsp3) is 0.474. The number of rotatable bonds is 5. The first-order chi connectivity index (χ1) is 24.7. The van der Waals surface area contributed by atoms with Gasteiger partial charge in [0.05, 0.1) is 23.2 Å². The number of phenols is 1. The number of benzene rings is 2. The molecule has 4 saturated heterocycles. The number of anilines is 1. The third-order valence-corrected chi connectivity index (χ3v) is 10.8. The molecule has 4 aromatic rings. The van der Waals surface area contributed by atoms with E-state index in [-0.39, 0.29) is 77.7 Å². The van der Waals surface area contributed by atoms with Crippen LogP contribution in [0.1, 0.15) is 58.4 Å². The molecule has 0 saturated carbocycles. The van der Waals surface area contributed by atoms with Crippen molar-refractivity contribution in [3.05, 3.63) is 47.4 Å². The number of nitrogens with zero attached hydrogens (tertiary/aromatic N) is 6. The summed E-state index contributed by atoms with van der Waals surface area (Å²) in [6.07, 6.45) is 7.41. The molecule has 1 amide bonds. The number of terminal acetylenes is 1. The SMILES string of the molecule is C#Cc1c(F)ccc2cc(O)cc(-c3nc(F)c4c(N5CC6CCC(C5)N6C(=O)OC(C)(C)C)nc(OC[C@@]56CCCN5C[C@H](F)C6)nc4c3F)c12. The molecule has 10 nitrogen and oxygen atoms in total. The molecule has 2 bridgehead atoms. The highest BCUT2D eigenvalue weighted by Gasteiger charge is 2.50. The van der Waals surface area contributed by atoms with E-state index in [9.17, 15) is 18.7 Å². The van der Waals surface area contributed by atoms with Gasteiger partial charge in [-0.3, -0.25) is 9.80 Å². The predicted octanol–water partition coefficient (Wildman–Crippen LogP) is 6.49. The van der Waals surface area contributed by atoms with Crippen LogP contribution in [0, 0.1) is 29.9 Å². The standard InChI is InChI=1S/C38H38F4N6O4/c1-5-25-27(40)10-7-20-13-24(49)14-26(28(20)25)31-30(41)32-29(33(42)43-31)34(45-35(44-32)51-19-38-11-6-12-47(38)16-21(39)15-38)46-17-22-8-9-23(18-46)48(22)36(50)52-37(2,3)4/h1,7,10,13-14,21-23,49H,6,8-9,11-12,15-19H2,2-4H3/t21-,22?,23?,38+/m1/s1. The van der Waals surface area contributed by atoms with Gasteiger partial charge >= 0.3 is 12.1 Å². The maximum absolute atomic E-state index is 17.0. The van der Waals surface area contributed by atoms with Gasteiger partial charge in [-0.15, -0.1) is 6.42 Å². The van der Waals surface area contributed by atoms with Gasteiger partial charge in [-0.25, -0.2) is 22.9 Å². The summed E-state index contributed by atoms with van der Waals surface area (Å²) < 4.78 is 74.9. The second-order valence-corrected chi connectivity index (χ2v) is 15.3. The fourth-order valence-electron chi connectivity index (χ4n) is 8.65. The molecule has 4 aliphatic heterocycles. The number of halogens is 4. The van der Waals surface area contributed by atoms with Gasteiger partial charge in [0.25, 0.3) is 0 Å². The average Bonchev–Trinajstić information content (AvgIpc) is 3.70. The van der Waals surface area contributed by atoms with Gasteiger partial charge in [-0.05, 0) is 76.6 Å². The number of carbonyl (C=O) groups is 1. The Labute approximate surface area is 297 Å². The zero-order chi connectivity index (χ0) is 36.7. The van der Waals surface area contributed by atoms with Crippen LogP contribution in [0.4, 0.5) is 28.2 Å². The number of phenolic OH excluding ortho intramolecular Hbond substituents is 1. The molecule has 2 aromatic heterocycles. The van der Waals surface area contributed by atoms with Crippen molar-refractivity contribution < 1.29 is 36.9 Å². The smallest absolute Gasteiger partial charge is 0.410 e. The van der Waals surface area contributed by atoms with E-state index in [0.29, 0.717) is 31.2 Å². The summed E-state index contributed by atoms with van der Waals surface area (Å²) in [6, 6.07) is 4.17. The molecule has 0 radical (unpaired) electrons. The fourth-order valence-corrected chi connectivity index (χ4v) is 8.65. The number of pyridine rings is 1. The Kier molecular flexibility index (Phi) is 8.13. The molecule has 0 aliphatic carbocycles. The second-order valence-electron chi connectivity index (χ2n) is 15.3. The van der Waals surface area contributed by atoms with Crippen LogP contribution in [0.15, 0.2) is 24.3 Å². The molecular formula is C38H38F4N6O4. The summed E-state index contributed by atoms with van der Waals surface area (Å²) in [4.78, 5) is 31.8. The lowest BCUT2D eigenvalue weighted by molar-refractivity contribution is 0.0122. The highest BCUT2D eigenvalue weighted by molar-refractivity contribution is 6.03. The Morgan fingerprint density at radius 1 is 1.08 bits per heavy atom. The summed E-state index contributed by atoms with van der Waals surface area (Å²) in [5.41, 5.74) is -2.60.